The third kappa shape index (κ3) is 3.91. The van der Waals surface area contributed by atoms with Crippen LogP contribution in [0.2, 0.25) is 0 Å². The summed E-state index contributed by atoms with van der Waals surface area (Å²) < 4.78 is 2.03. The largest absolute Gasteiger partial charge is 0.319 e. The maximum absolute atomic E-state index is 12.8. The summed E-state index contributed by atoms with van der Waals surface area (Å²) in [6, 6.07) is 24.3. The van der Waals surface area contributed by atoms with Crippen molar-refractivity contribution in [1.29, 1.82) is 0 Å². The Morgan fingerprint density at radius 3 is 2.20 bits per heavy atom. The number of hydrogen-bond donors (Lipinski definition) is 0. The van der Waals surface area contributed by atoms with Crippen LogP contribution in [0.25, 0.3) is 21.7 Å². The first-order valence-electron chi connectivity index (χ1n) is 9.92. The van der Waals surface area contributed by atoms with E-state index < -0.39 is 0 Å². The molecule has 4 heteroatoms. The summed E-state index contributed by atoms with van der Waals surface area (Å²) in [6.45, 7) is 6.25. The molecule has 1 amide bonds. The summed E-state index contributed by atoms with van der Waals surface area (Å²) in [6.07, 6.45) is 0. The number of thiazole rings is 1. The predicted octanol–water partition coefficient (Wildman–Crippen LogP) is 6.09. The third-order valence-corrected chi connectivity index (χ3v) is 6.52. The van der Waals surface area contributed by atoms with Crippen molar-refractivity contribution in [3.63, 3.8) is 0 Å². The lowest BCUT2D eigenvalue weighted by molar-refractivity contribution is 0.0998. The van der Waals surface area contributed by atoms with Gasteiger partial charge in [0.1, 0.15) is 0 Å². The van der Waals surface area contributed by atoms with E-state index in [1.165, 1.54) is 11.1 Å². The van der Waals surface area contributed by atoms with Crippen molar-refractivity contribution in [2.45, 2.75) is 20.8 Å². The molecule has 0 aliphatic rings. The lowest BCUT2D eigenvalue weighted by atomic mass is 10.0. The van der Waals surface area contributed by atoms with Crippen LogP contribution >= 0.6 is 11.3 Å². The number of hydrogen-bond acceptors (Lipinski definition) is 2. The van der Waals surface area contributed by atoms with E-state index in [1.807, 2.05) is 61.0 Å². The van der Waals surface area contributed by atoms with Gasteiger partial charge in [-0.15, -0.1) is 0 Å². The molecular weight excluding hydrogens is 388 g/mol. The predicted molar refractivity (Wildman–Crippen MR) is 125 cm³/mol. The summed E-state index contributed by atoms with van der Waals surface area (Å²) in [5.41, 5.74) is 7.55. The normalized spacial score (nSPS) is 11.7. The van der Waals surface area contributed by atoms with Crippen molar-refractivity contribution in [3.05, 3.63) is 99.9 Å². The van der Waals surface area contributed by atoms with E-state index in [9.17, 15) is 4.79 Å². The number of carbonyl (C=O) groups excluding carboxylic acids is 1. The molecule has 3 aromatic carbocycles. The molecule has 150 valence electrons. The summed E-state index contributed by atoms with van der Waals surface area (Å²) in [7, 11) is 1.98. The molecule has 30 heavy (non-hydrogen) atoms. The van der Waals surface area contributed by atoms with E-state index in [2.05, 4.69) is 49.2 Å². The molecule has 0 atom stereocenters. The molecule has 0 aliphatic heterocycles. The zero-order valence-corrected chi connectivity index (χ0v) is 18.5. The minimum Gasteiger partial charge on any atom is -0.319 e. The van der Waals surface area contributed by atoms with Crippen molar-refractivity contribution in [2.24, 2.45) is 12.0 Å². The summed E-state index contributed by atoms with van der Waals surface area (Å²) in [4.78, 5) is 19.1. The smallest absolute Gasteiger partial charge is 0.279 e. The summed E-state index contributed by atoms with van der Waals surface area (Å²) >= 11 is 1.55. The van der Waals surface area contributed by atoms with Crippen LogP contribution in [0.1, 0.15) is 27.0 Å². The molecule has 0 radical (unpaired) electrons. The van der Waals surface area contributed by atoms with Gasteiger partial charge in [0, 0.05) is 12.6 Å². The van der Waals surface area contributed by atoms with Gasteiger partial charge in [-0.3, -0.25) is 4.79 Å². The van der Waals surface area contributed by atoms with Crippen LogP contribution in [-0.4, -0.2) is 10.5 Å². The van der Waals surface area contributed by atoms with E-state index in [-0.39, 0.29) is 5.91 Å². The Bertz CT molecular complexity index is 1280. The second-order valence-corrected chi connectivity index (χ2v) is 8.55. The number of amides is 1. The Morgan fingerprint density at radius 1 is 0.833 bits per heavy atom. The van der Waals surface area contributed by atoms with Crippen molar-refractivity contribution in [1.82, 2.24) is 4.57 Å². The van der Waals surface area contributed by atoms with Gasteiger partial charge >= 0.3 is 0 Å². The van der Waals surface area contributed by atoms with Crippen LogP contribution in [0.3, 0.4) is 0 Å². The molecule has 0 saturated carbocycles. The van der Waals surface area contributed by atoms with Gasteiger partial charge in [-0.1, -0.05) is 71.5 Å². The van der Waals surface area contributed by atoms with E-state index in [1.54, 1.807) is 11.3 Å². The fraction of sp³-hybridized carbons (Fsp3) is 0.154. The molecule has 0 bridgehead atoms. The van der Waals surface area contributed by atoms with Crippen LogP contribution in [-0.2, 0) is 7.05 Å². The van der Waals surface area contributed by atoms with E-state index >= 15 is 0 Å². The van der Waals surface area contributed by atoms with Gasteiger partial charge in [-0.2, -0.15) is 4.99 Å². The van der Waals surface area contributed by atoms with Crippen molar-refractivity contribution < 1.29 is 4.79 Å². The summed E-state index contributed by atoms with van der Waals surface area (Å²) in [5.74, 6) is -0.224. The highest BCUT2D eigenvalue weighted by Gasteiger charge is 2.16. The standard InChI is InChI=1S/C26H24N2OS/c1-17-10-13-21(14-11-17)25(29)27-26-28(4)23(22-15-12-18(2)19(3)16-22)24(30-26)20-8-6-5-7-9-20/h5-16H,1-4H3. The van der Waals surface area contributed by atoms with E-state index in [4.69, 9.17) is 0 Å². The lowest BCUT2D eigenvalue weighted by Crippen LogP contribution is -2.14. The van der Waals surface area contributed by atoms with Crippen LogP contribution in [0, 0.1) is 20.8 Å². The van der Waals surface area contributed by atoms with Gasteiger partial charge in [0.2, 0.25) is 0 Å². The molecule has 1 heterocycles. The molecule has 0 aliphatic carbocycles. The molecular formula is C26H24N2OS. The maximum atomic E-state index is 12.8. The number of aryl methyl sites for hydroxylation is 3. The Hall–Kier alpha value is -3.24. The molecule has 0 N–H and O–H groups in total. The third-order valence-electron chi connectivity index (χ3n) is 5.34. The molecule has 0 unspecified atom stereocenters. The molecule has 0 spiro atoms. The first kappa shape index (κ1) is 20.0. The van der Waals surface area contributed by atoms with Gasteiger partial charge < -0.3 is 4.57 Å². The zero-order chi connectivity index (χ0) is 21.3. The fourth-order valence-electron chi connectivity index (χ4n) is 3.40. The maximum Gasteiger partial charge on any atom is 0.279 e. The highest BCUT2D eigenvalue weighted by Crippen LogP contribution is 2.35. The monoisotopic (exact) mass is 412 g/mol. The molecule has 4 aromatic rings. The van der Waals surface area contributed by atoms with Crippen molar-refractivity contribution in [3.8, 4) is 21.7 Å². The van der Waals surface area contributed by atoms with Crippen LogP contribution in [0.5, 0.6) is 0 Å². The van der Waals surface area contributed by atoms with E-state index in [0.717, 1.165) is 27.3 Å². The first-order chi connectivity index (χ1) is 14.4. The quantitative estimate of drug-likeness (QED) is 0.401. The Balaban J connectivity index is 1.91. The number of benzene rings is 3. The Kier molecular flexibility index (Phi) is 5.51. The number of aromatic nitrogens is 1. The topological polar surface area (TPSA) is 34.4 Å². The number of nitrogens with zero attached hydrogens (tertiary/aromatic N) is 2. The molecule has 1 aromatic heterocycles. The van der Waals surface area contributed by atoms with Crippen LogP contribution in [0.4, 0.5) is 0 Å². The average molecular weight is 413 g/mol. The molecule has 4 rings (SSSR count). The Labute approximate surface area is 181 Å². The first-order valence-corrected chi connectivity index (χ1v) is 10.7. The average Bonchev–Trinajstić information content (AvgIpc) is 3.07. The van der Waals surface area contributed by atoms with Crippen molar-refractivity contribution >= 4 is 17.2 Å². The SMILES string of the molecule is Cc1ccc(C(=O)N=c2sc(-c3ccccc3)c(-c3ccc(C)c(C)c3)n2C)cc1. The van der Waals surface area contributed by atoms with Gasteiger partial charge in [0.25, 0.3) is 5.91 Å². The number of rotatable bonds is 3. The van der Waals surface area contributed by atoms with Crippen LogP contribution in [0.15, 0.2) is 77.8 Å². The Morgan fingerprint density at radius 2 is 1.53 bits per heavy atom. The molecule has 0 fully saturated rings. The zero-order valence-electron chi connectivity index (χ0n) is 17.6. The molecule has 0 saturated heterocycles. The second kappa shape index (κ2) is 8.25. The van der Waals surface area contributed by atoms with Gasteiger partial charge in [0.15, 0.2) is 4.80 Å². The van der Waals surface area contributed by atoms with Crippen molar-refractivity contribution in [2.75, 3.05) is 0 Å². The lowest BCUT2D eigenvalue weighted by Gasteiger charge is -2.09. The van der Waals surface area contributed by atoms with E-state index in [0.29, 0.717) is 10.4 Å². The second-order valence-electron chi connectivity index (χ2n) is 7.57. The van der Waals surface area contributed by atoms with Crippen LogP contribution < -0.4 is 4.80 Å². The minimum absolute atomic E-state index is 0.224. The minimum atomic E-state index is -0.224. The van der Waals surface area contributed by atoms with Gasteiger partial charge in [-0.25, -0.2) is 0 Å². The number of carbonyl (C=O) groups is 1. The highest BCUT2D eigenvalue weighted by molar-refractivity contribution is 7.13. The van der Waals surface area contributed by atoms with Gasteiger partial charge in [0.05, 0.1) is 10.6 Å². The summed E-state index contributed by atoms with van der Waals surface area (Å²) in [5, 5.41) is 0. The fourth-order valence-corrected chi connectivity index (χ4v) is 4.54. The highest BCUT2D eigenvalue weighted by atomic mass is 32.1. The van der Waals surface area contributed by atoms with Gasteiger partial charge in [-0.05, 0) is 61.2 Å². The molecule has 3 nitrogen and oxygen atoms in total.